The van der Waals surface area contributed by atoms with Gasteiger partial charge in [0.1, 0.15) is 0 Å². The minimum absolute atomic E-state index is 0.181. The molecular formula is C15H12BrO4P. The second-order valence-corrected chi connectivity index (χ2v) is 7.42. The van der Waals surface area contributed by atoms with Gasteiger partial charge >= 0.3 is 7.37 Å². The Morgan fingerprint density at radius 1 is 0.952 bits per heavy atom. The third-order valence-corrected chi connectivity index (χ3v) is 5.89. The van der Waals surface area contributed by atoms with E-state index in [4.69, 9.17) is 13.4 Å². The normalized spacial score (nSPS) is 11.7. The van der Waals surface area contributed by atoms with E-state index in [1.54, 1.807) is 24.3 Å². The Labute approximate surface area is 130 Å². The molecule has 3 aromatic rings. The van der Waals surface area contributed by atoms with Crippen molar-refractivity contribution in [3.63, 3.8) is 0 Å². The smallest absolute Gasteiger partial charge is 0.329 e. The molecule has 0 saturated carbocycles. The number of rotatable bonds is 5. The minimum Gasteiger partial charge on any atom is -0.458 e. The zero-order valence-electron chi connectivity index (χ0n) is 10.9. The molecule has 0 N–H and O–H groups in total. The molecule has 3 rings (SSSR count). The van der Waals surface area contributed by atoms with Gasteiger partial charge in [-0.2, -0.15) is 0 Å². The molecule has 0 spiro atoms. The van der Waals surface area contributed by atoms with Crippen LogP contribution >= 0.6 is 23.3 Å². The summed E-state index contributed by atoms with van der Waals surface area (Å²) in [5.74, 6) is 0. The van der Waals surface area contributed by atoms with Gasteiger partial charge < -0.3 is 13.4 Å². The van der Waals surface area contributed by atoms with Gasteiger partial charge in [0.2, 0.25) is 0 Å². The highest BCUT2D eigenvalue weighted by atomic mass is 79.9. The second-order valence-electron chi connectivity index (χ2n) is 4.32. The van der Waals surface area contributed by atoms with Gasteiger partial charge in [-0.25, -0.2) is 0 Å². The van der Waals surface area contributed by atoms with Crippen LogP contribution in [0.4, 0.5) is 0 Å². The van der Waals surface area contributed by atoms with Crippen LogP contribution in [0.5, 0.6) is 0 Å². The highest BCUT2D eigenvalue weighted by Gasteiger charge is 2.35. The Kier molecular flexibility index (Phi) is 4.15. The first kappa shape index (κ1) is 14.4. The fourth-order valence-corrected chi connectivity index (χ4v) is 4.04. The summed E-state index contributed by atoms with van der Waals surface area (Å²) in [5.41, 5.74) is 1.44. The Hall–Kier alpha value is -1.55. The van der Waals surface area contributed by atoms with E-state index >= 15 is 0 Å². The summed E-state index contributed by atoms with van der Waals surface area (Å²) in [6.45, 7) is 0.181. The Morgan fingerprint density at radius 3 is 2.10 bits per heavy atom. The van der Waals surface area contributed by atoms with Gasteiger partial charge in [-0.15, -0.1) is 0 Å². The van der Waals surface area contributed by atoms with E-state index < -0.39 is 7.37 Å². The maximum absolute atomic E-state index is 13.2. The Morgan fingerprint density at radius 2 is 1.57 bits per heavy atom. The van der Waals surface area contributed by atoms with Crippen molar-refractivity contribution in [3.8, 4) is 0 Å². The van der Waals surface area contributed by atoms with E-state index in [2.05, 4.69) is 15.9 Å². The van der Waals surface area contributed by atoms with Gasteiger partial charge in [0.15, 0.2) is 11.0 Å². The first-order valence-corrected chi connectivity index (χ1v) is 8.68. The lowest BCUT2D eigenvalue weighted by Gasteiger charge is -2.14. The molecule has 2 heterocycles. The summed E-state index contributed by atoms with van der Waals surface area (Å²) < 4.78 is 30.4. The second kappa shape index (κ2) is 6.06. The van der Waals surface area contributed by atoms with Crippen LogP contribution in [-0.4, -0.2) is 0 Å². The number of hydrogen-bond acceptors (Lipinski definition) is 4. The average Bonchev–Trinajstić information content (AvgIpc) is 3.19. The van der Waals surface area contributed by atoms with Crippen LogP contribution in [0.25, 0.3) is 0 Å². The molecule has 0 radical (unpaired) electrons. The Bertz CT molecular complexity index is 712. The fourth-order valence-electron chi connectivity index (χ4n) is 1.89. The quantitative estimate of drug-likeness (QED) is 0.638. The van der Waals surface area contributed by atoms with Gasteiger partial charge in [0, 0.05) is 4.47 Å². The third kappa shape index (κ3) is 2.91. The van der Waals surface area contributed by atoms with Crippen molar-refractivity contribution >= 4 is 34.3 Å². The molecule has 0 bridgehead atoms. The summed E-state index contributed by atoms with van der Waals surface area (Å²) in [6.07, 6.45) is 2.93. The standard InChI is InChI=1S/C15H12BrO4P/c16-13-6-2-1-5-12(13)11-20-21(17,14-7-3-9-18-14)15-8-4-10-19-15/h1-10H,11H2. The number of hydrogen-bond donors (Lipinski definition) is 0. The highest BCUT2D eigenvalue weighted by Crippen LogP contribution is 2.46. The topological polar surface area (TPSA) is 52.6 Å². The SMILES string of the molecule is O=P(OCc1ccccc1Br)(c1ccco1)c1ccco1. The van der Waals surface area contributed by atoms with Crippen molar-refractivity contribution in [2.75, 3.05) is 0 Å². The molecule has 0 unspecified atom stereocenters. The molecule has 4 nitrogen and oxygen atoms in total. The summed E-state index contributed by atoms with van der Waals surface area (Å²) in [5, 5.41) is 0. The first-order valence-electron chi connectivity index (χ1n) is 6.26. The van der Waals surface area contributed by atoms with E-state index in [0.717, 1.165) is 10.0 Å². The van der Waals surface area contributed by atoms with Crippen molar-refractivity contribution in [1.82, 2.24) is 0 Å². The molecule has 0 amide bonds. The predicted molar refractivity (Wildman–Crippen MR) is 83.2 cm³/mol. The van der Waals surface area contributed by atoms with E-state index in [0.29, 0.717) is 0 Å². The van der Waals surface area contributed by atoms with Crippen molar-refractivity contribution in [2.45, 2.75) is 6.61 Å². The molecule has 1 aromatic carbocycles. The van der Waals surface area contributed by atoms with Gasteiger partial charge in [-0.3, -0.25) is 4.57 Å². The van der Waals surface area contributed by atoms with Crippen molar-refractivity contribution in [2.24, 2.45) is 0 Å². The van der Waals surface area contributed by atoms with E-state index in [9.17, 15) is 4.57 Å². The molecule has 0 fully saturated rings. The fraction of sp³-hybridized carbons (Fsp3) is 0.0667. The van der Waals surface area contributed by atoms with Gasteiger partial charge in [-0.1, -0.05) is 34.1 Å². The van der Waals surface area contributed by atoms with E-state index in [1.807, 2.05) is 24.3 Å². The van der Waals surface area contributed by atoms with Crippen LogP contribution in [0, 0.1) is 0 Å². The van der Waals surface area contributed by atoms with Crippen molar-refractivity contribution in [3.05, 3.63) is 71.1 Å². The van der Waals surface area contributed by atoms with Crippen LogP contribution in [0.3, 0.4) is 0 Å². The number of halogens is 1. The zero-order valence-corrected chi connectivity index (χ0v) is 13.4. The van der Waals surface area contributed by atoms with Crippen LogP contribution in [0.15, 0.2) is 74.4 Å². The highest BCUT2D eigenvalue weighted by molar-refractivity contribution is 9.10. The summed E-state index contributed by atoms with van der Waals surface area (Å²) in [4.78, 5) is 0. The lowest BCUT2D eigenvalue weighted by molar-refractivity contribution is 0.307. The van der Waals surface area contributed by atoms with Gasteiger partial charge in [0.05, 0.1) is 19.1 Å². The molecule has 0 saturated heterocycles. The molecule has 0 aliphatic carbocycles. The van der Waals surface area contributed by atoms with Crippen LogP contribution in [-0.2, 0) is 15.7 Å². The maximum atomic E-state index is 13.2. The van der Waals surface area contributed by atoms with Gasteiger partial charge in [-0.05, 0) is 35.9 Å². The molecule has 6 heteroatoms. The van der Waals surface area contributed by atoms with Crippen LogP contribution in [0.2, 0.25) is 0 Å². The first-order chi connectivity index (χ1) is 10.2. The average molecular weight is 367 g/mol. The van der Waals surface area contributed by atoms with Gasteiger partial charge in [0.25, 0.3) is 0 Å². The lowest BCUT2D eigenvalue weighted by Crippen LogP contribution is -2.15. The maximum Gasteiger partial charge on any atom is 0.329 e. The van der Waals surface area contributed by atoms with E-state index in [1.165, 1.54) is 12.5 Å². The number of furan rings is 2. The molecule has 0 aliphatic rings. The van der Waals surface area contributed by atoms with Crippen LogP contribution < -0.4 is 11.0 Å². The largest absolute Gasteiger partial charge is 0.458 e. The molecule has 0 atom stereocenters. The molecule has 2 aromatic heterocycles. The van der Waals surface area contributed by atoms with E-state index in [-0.39, 0.29) is 17.6 Å². The number of benzene rings is 1. The molecule has 21 heavy (non-hydrogen) atoms. The van der Waals surface area contributed by atoms with Crippen molar-refractivity contribution < 1.29 is 17.9 Å². The lowest BCUT2D eigenvalue weighted by atomic mass is 10.2. The Balaban J connectivity index is 1.91. The molecule has 108 valence electrons. The molecular weight excluding hydrogens is 355 g/mol. The summed E-state index contributed by atoms with van der Waals surface area (Å²) in [7, 11) is -3.37. The van der Waals surface area contributed by atoms with Crippen molar-refractivity contribution in [1.29, 1.82) is 0 Å². The minimum atomic E-state index is -3.37. The summed E-state index contributed by atoms with van der Waals surface area (Å²) >= 11 is 3.44. The predicted octanol–water partition coefficient (Wildman–Crippen LogP) is 4.08. The van der Waals surface area contributed by atoms with Crippen LogP contribution in [0.1, 0.15) is 5.56 Å². The third-order valence-electron chi connectivity index (χ3n) is 2.95. The monoisotopic (exact) mass is 366 g/mol. The molecule has 0 aliphatic heterocycles. The summed E-state index contributed by atoms with van der Waals surface area (Å²) in [6, 6.07) is 14.2. The zero-order chi connectivity index (χ0) is 14.7.